The number of halogens is 1. The Hall–Kier alpha value is -0.850. The van der Waals surface area contributed by atoms with Crippen LogP contribution in [0.15, 0.2) is 18.2 Å². The minimum atomic E-state index is 0.506. The average Bonchev–Trinajstić information content (AvgIpc) is 2.18. The summed E-state index contributed by atoms with van der Waals surface area (Å²) in [5.41, 5.74) is 0. The Bertz CT molecular complexity index is 322. The molecular formula is C10H11ClN2S. The van der Waals surface area contributed by atoms with Crippen molar-refractivity contribution in [2.24, 2.45) is 0 Å². The second kappa shape index (κ2) is 6.58. The van der Waals surface area contributed by atoms with E-state index in [1.165, 1.54) is 0 Å². The molecule has 1 N–H and O–H groups in total. The van der Waals surface area contributed by atoms with Crippen LogP contribution in [-0.4, -0.2) is 23.0 Å². The molecular weight excluding hydrogens is 216 g/mol. The molecule has 14 heavy (non-hydrogen) atoms. The fraction of sp³-hybridized carbons (Fsp3) is 0.300. The smallest absolute Gasteiger partial charge is 0.131 e. The van der Waals surface area contributed by atoms with Gasteiger partial charge in [-0.1, -0.05) is 23.6 Å². The number of thioether (sulfide) groups is 1. The van der Waals surface area contributed by atoms with Crippen molar-refractivity contribution < 1.29 is 0 Å². The predicted molar refractivity (Wildman–Crippen MR) is 63.9 cm³/mol. The third-order valence-electron chi connectivity index (χ3n) is 1.45. The van der Waals surface area contributed by atoms with Gasteiger partial charge in [0.2, 0.25) is 0 Å². The van der Waals surface area contributed by atoms with E-state index in [0.29, 0.717) is 5.15 Å². The van der Waals surface area contributed by atoms with E-state index in [4.69, 9.17) is 18.0 Å². The van der Waals surface area contributed by atoms with Gasteiger partial charge in [-0.2, -0.15) is 0 Å². The Morgan fingerprint density at radius 2 is 2.43 bits per heavy atom. The number of nitrogens with one attached hydrogen (secondary N) is 1. The molecule has 0 bridgehead atoms. The number of pyridine rings is 1. The number of nitrogens with zero attached hydrogens (tertiary/aromatic N) is 1. The Kier molecular flexibility index (Phi) is 5.28. The highest BCUT2D eigenvalue weighted by atomic mass is 35.5. The highest BCUT2D eigenvalue weighted by molar-refractivity contribution is 7.99. The fourth-order valence-corrected chi connectivity index (χ4v) is 1.56. The SMILES string of the molecule is C#CCSCCNc1cccc(Cl)n1. The largest absolute Gasteiger partial charge is 0.369 e. The van der Waals surface area contributed by atoms with Gasteiger partial charge >= 0.3 is 0 Å². The molecule has 1 aromatic rings. The highest BCUT2D eigenvalue weighted by Gasteiger charge is 1.93. The van der Waals surface area contributed by atoms with Gasteiger partial charge in [0.05, 0.1) is 5.75 Å². The zero-order valence-electron chi connectivity index (χ0n) is 7.66. The van der Waals surface area contributed by atoms with E-state index in [2.05, 4.69) is 16.2 Å². The monoisotopic (exact) mass is 226 g/mol. The van der Waals surface area contributed by atoms with E-state index < -0.39 is 0 Å². The first-order valence-electron chi connectivity index (χ1n) is 4.20. The lowest BCUT2D eigenvalue weighted by Crippen LogP contribution is -2.05. The van der Waals surface area contributed by atoms with Crippen LogP contribution >= 0.6 is 23.4 Å². The third kappa shape index (κ3) is 4.40. The molecule has 0 aliphatic carbocycles. The maximum absolute atomic E-state index is 5.72. The van der Waals surface area contributed by atoms with Crippen molar-refractivity contribution in [3.63, 3.8) is 0 Å². The van der Waals surface area contributed by atoms with E-state index in [9.17, 15) is 0 Å². The van der Waals surface area contributed by atoms with Crippen LogP contribution in [0.2, 0.25) is 5.15 Å². The zero-order chi connectivity index (χ0) is 10.2. The van der Waals surface area contributed by atoms with Crippen LogP contribution in [0.4, 0.5) is 5.82 Å². The van der Waals surface area contributed by atoms with Crippen molar-refractivity contribution in [2.45, 2.75) is 0 Å². The van der Waals surface area contributed by atoms with E-state index in [1.807, 2.05) is 12.1 Å². The quantitative estimate of drug-likeness (QED) is 0.475. The van der Waals surface area contributed by atoms with Crippen molar-refractivity contribution in [3.8, 4) is 12.3 Å². The lowest BCUT2D eigenvalue weighted by molar-refractivity contribution is 1.17. The molecule has 0 aliphatic heterocycles. The molecule has 0 aromatic carbocycles. The summed E-state index contributed by atoms with van der Waals surface area (Å²) in [6, 6.07) is 5.50. The van der Waals surface area contributed by atoms with Gasteiger partial charge in [-0.15, -0.1) is 18.2 Å². The molecule has 74 valence electrons. The van der Waals surface area contributed by atoms with Crippen LogP contribution < -0.4 is 5.32 Å². The normalized spacial score (nSPS) is 9.43. The van der Waals surface area contributed by atoms with Gasteiger partial charge in [-0.05, 0) is 12.1 Å². The zero-order valence-corrected chi connectivity index (χ0v) is 9.24. The van der Waals surface area contributed by atoms with E-state index in [-0.39, 0.29) is 0 Å². The molecule has 2 nitrogen and oxygen atoms in total. The number of aromatic nitrogens is 1. The van der Waals surface area contributed by atoms with E-state index >= 15 is 0 Å². The summed E-state index contributed by atoms with van der Waals surface area (Å²) in [7, 11) is 0. The summed E-state index contributed by atoms with van der Waals surface area (Å²) in [5, 5.41) is 3.67. The average molecular weight is 227 g/mol. The van der Waals surface area contributed by atoms with Crippen molar-refractivity contribution in [3.05, 3.63) is 23.4 Å². The van der Waals surface area contributed by atoms with Crippen LogP contribution in [0.25, 0.3) is 0 Å². The predicted octanol–water partition coefficient (Wildman–Crippen LogP) is 2.51. The standard InChI is InChI=1S/C10H11ClN2S/c1-2-7-14-8-6-12-10-5-3-4-9(11)13-10/h1,3-5H,6-8H2,(H,12,13). The maximum Gasteiger partial charge on any atom is 0.131 e. The maximum atomic E-state index is 5.72. The summed E-state index contributed by atoms with van der Waals surface area (Å²) in [6.07, 6.45) is 5.12. The Balaban J connectivity index is 2.22. The minimum Gasteiger partial charge on any atom is -0.369 e. The summed E-state index contributed by atoms with van der Waals surface area (Å²) in [6.45, 7) is 0.847. The highest BCUT2D eigenvalue weighted by Crippen LogP contribution is 2.09. The van der Waals surface area contributed by atoms with Crippen LogP contribution in [0, 0.1) is 12.3 Å². The molecule has 0 atom stereocenters. The Labute approximate surface area is 93.5 Å². The van der Waals surface area contributed by atoms with Crippen molar-refractivity contribution in [2.75, 3.05) is 23.4 Å². The molecule has 1 rings (SSSR count). The third-order valence-corrected chi connectivity index (χ3v) is 2.53. The van der Waals surface area contributed by atoms with Crippen LogP contribution in [0.5, 0.6) is 0 Å². The van der Waals surface area contributed by atoms with Gasteiger partial charge in [0.1, 0.15) is 11.0 Å². The summed E-state index contributed by atoms with van der Waals surface area (Å²) < 4.78 is 0. The summed E-state index contributed by atoms with van der Waals surface area (Å²) in [5.74, 6) is 5.10. The van der Waals surface area contributed by atoms with Gasteiger partial charge in [0, 0.05) is 12.3 Å². The van der Waals surface area contributed by atoms with Gasteiger partial charge < -0.3 is 5.32 Å². The van der Waals surface area contributed by atoms with Crippen molar-refractivity contribution >= 4 is 29.2 Å². The first-order chi connectivity index (χ1) is 6.83. The molecule has 0 spiro atoms. The molecule has 0 amide bonds. The van der Waals surface area contributed by atoms with Crippen molar-refractivity contribution in [1.82, 2.24) is 4.98 Å². The minimum absolute atomic E-state index is 0.506. The van der Waals surface area contributed by atoms with Crippen LogP contribution in [0.1, 0.15) is 0 Å². The van der Waals surface area contributed by atoms with E-state index in [0.717, 1.165) is 23.9 Å². The Morgan fingerprint density at radius 1 is 1.57 bits per heavy atom. The number of hydrogen-bond acceptors (Lipinski definition) is 3. The molecule has 0 radical (unpaired) electrons. The van der Waals surface area contributed by atoms with Gasteiger partial charge in [0.15, 0.2) is 0 Å². The number of terminal acetylenes is 1. The second-order valence-corrected chi connectivity index (χ2v) is 4.02. The first-order valence-corrected chi connectivity index (χ1v) is 5.74. The summed E-state index contributed by atoms with van der Waals surface area (Å²) >= 11 is 7.44. The lowest BCUT2D eigenvalue weighted by atomic mass is 10.4. The molecule has 0 fully saturated rings. The number of anilines is 1. The van der Waals surface area contributed by atoms with Gasteiger partial charge in [0.25, 0.3) is 0 Å². The van der Waals surface area contributed by atoms with Crippen molar-refractivity contribution in [1.29, 1.82) is 0 Å². The van der Waals surface area contributed by atoms with Gasteiger partial charge in [-0.25, -0.2) is 4.98 Å². The lowest BCUT2D eigenvalue weighted by Gasteiger charge is -2.03. The molecule has 0 saturated heterocycles. The first kappa shape index (κ1) is 11.2. The molecule has 0 unspecified atom stereocenters. The molecule has 4 heteroatoms. The molecule has 0 saturated carbocycles. The fourth-order valence-electron chi connectivity index (χ4n) is 0.889. The van der Waals surface area contributed by atoms with Gasteiger partial charge in [-0.3, -0.25) is 0 Å². The molecule has 0 aliphatic rings. The number of hydrogen-bond donors (Lipinski definition) is 1. The molecule has 1 heterocycles. The van der Waals surface area contributed by atoms with Crippen LogP contribution in [-0.2, 0) is 0 Å². The van der Waals surface area contributed by atoms with E-state index in [1.54, 1.807) is 17.8 Å². The number of rotatable bonds is 5. The second-order valence-electron chi connectivity index (χ2n) is 2.53. The van der Waals surface area contributed by atoms with Crippen LogP contribution in [0.3, 0.4) is 0 Å². The Morgan fingerprint density at radius 3 is 3.14 bits per heavy atom. The summed E-state index contributed by atoms with van der Waals surface area (Å²) in [4.78, 5) is 4.10. The topological polar surface area (TPSA) is 24.9 Å². The molecule has 1 aromatic heterocycles.